The lowest BCUT2D eigenvalue weighted by Crippen LogP contribution is -2.13. The van der Waals surface area contributed by atoms with Gasteiger partial charge in [0.2, 0.25) is 10.6 Å². The maximum Gasteiger partial charge on any atom is 0.286 e. The summed E-state index contributed by atoms with van der Waals surface area (Å²) in [6.07, 6.45) is 0. The molecule has 0 bridgehead atoms. The number of rotatable bonds is 3. The van der Waals surface area contributed by atoms with Gasteiger partial charge < -0.3 is 4.74 Å². The van der Waals surface area contributed by atoms with Gasteiger partial charge in [-0.2, -0.15) is 9.98 Å². The fourth-order valence-corrected chi connectivity index (χ4v) is 3.29. The van der Waals surface area contributed by atoms with Crippen LogP contribution >= 0.6 is 34.7 Å². The third-order valence-electron chi connectivity index (χ3n) is 3.03. The Hall–Kier alpha value is -1.96. The molecule has 0 atom stereocenters. The van der Waals surface area contributed by atoms with Gasteiger partial charge in [-0.1, -0.05) is 23.2 Å². The van der Waals surface area contributed by atoms with Crippen molar-refractivity contribution in [3.63, 3.8) is 0 Å². The highest BCUT2D eigenvalue weighted by molar-refractivity contribution is 7.03. The number of amides is 1. The van der Waals surface area contributed by atoms with Crippen LogP contribution in [0.5, 0.6) is 5.75 Å². The minimum absolute atomic E-state index is 0.243. The summed E-state index contributed by atoms with van der Waals surface area (Å²) in [5.74, 6) is 0.428. The van der Waals surface area contributed by atoms with E-state index in [1.165, 1.54) is 11.5 Å². The Morgan fingerprint density at radius 1 is 1.29 bits per heavy atom. The van der Waals surface area contributed by atoms with Crippen molar-refractivity contribution in [3.05, 3.63) is 50.5 Å². The molecule has 1 amide bonds. The summed E-state index contributed by atoms with van der Waals surface area (Å²) in [6, 6.07) is 6.70. The van der Waals surface area contributed by atoms with E-state index in [0.717, 1.165) is 11.4 Å². The van der Waals surface area contributed by atoms with Crippen LogP contribution in [0.2, 0.25) is 10.0 Å². The molecular weight excluding hydrogens is 371 g/mol. The third-order valence-corrected chi connectivity index (χ3v) is 4.54. The van der Waals surface area contributed by atoms with Crippen molar-refractivity contribution in [1.82, 2.24) is 13.8 Å². The number of hydrogen-bond acceptors (Lipinski definition) is 5. The number of aromatic nitrogens is 3. The van der Waals surface area contributed by atoms with Crippen molar-refractivity contribution in [2.75, 3.05) is 6.61 Å². The van der Waals surface area contributed by atoms with Crippen LogP contribution in [0.25, 0.3) is 5.78 Å². The SMILES string of the molecule is Cc1cc(C)n2sc(=NC(=O)COc3ccc(Cl)cc3Cl)nc2n1. The number of nitrogens with zero attached hydrogens (tertiary/aromatic N) is 4. The number of benzene rings is 1. The molecule has 0 fully saturated rings. The van der Waals surface area contributed by atoms with E-state index in [9.17, 15) is 4.79 Å². The van der Waals surface area contributed by atoms with Crippen LogP contribution in [0, 0.1) is 13.8 Å². The molecule has 2 aromatic heterocycles. The van der Waals surface area contributed by atoms with Crippen molar-refractivity contribution in [2.45, 2.75) is 13.8 Å². The molecular formula is C15H12Cl2N4O2S. The van der Waals surface area contributed by atoms with Gasteiger partial charge in [0.05, 0.1) is 5.02 Å². The lowest BCUT2D eigenvalue weighted by atomic mass is 10.3. The maximum absolute atomic E-state index is 12.0. The molecule has 6 nitrogen and oxygen atoms in total. The first kappa shape index (κ1) is 16.9. The molecule has 124 valence electrons. The van der Waals surface area contributed by atoms with E-state index in [0.29, 0.717) is 26.4 Å². The molecule has 0 saturated carbocycles. The number of halogens is 2. The summed E-state index contributed by atoms with van der Waals surface area (Å²) in [7, 11) is 0. The van der Waals surface area contributed by atoms with Crippen LogP contribution in [0.1, 0.15) is 11.4 Å². The van der Waals surface area contributed by atoms with Gasteiger partial charge in [-0.05, 0) is 49.6 Å². The Morgan fingerprint density at radius 3 is 2.83 bits per heavy atom. The molecule has 3 aromatic rings. The fourth-order valence-electron chi connectivity index (χ4n) is 2.04. The Labute approximate surface area is 151 Å². The quantitative estimate of drug-likeness (QED) is 0.697. The zero-order chi connectivity index (χ0) is 17.3. The monoisotopic (exact) mass is 382 g/mol. The van der Waals surface area contributed by atoms with Gasteiger partial charge in [-0.25, -0.2) is 8.77 Å². The summed E-state index contributed by atoms with van der Waals surface area (Å²) in [6.45, 7) is 3.59. The molecule has 0 aliphatic carbocycles. The number of carbonyl (C=O) groups excluding carboxylic acids is 1. The van der Waals surface area contributed by atoms with Gasteiger partial charge >= 0.3 is 0 Å². The molecule has 0 saturated heterocycles. The Balaban J connectivity index is 1.78. The van der Waals surface area contributed by atoms with Gasteiger partial charge in [0.15, 0.2) is 6.61 Å². The standard InChI is InChI=1S/C15H12Cl2N4O2S/c1-8-5-9(2)21-14(18-8)20-15(24-21)19-13(22)7-23-12-4-3-10(16)6-11(12)17/h3-6H,7H2,1-2H3. The predicted molar refractivity (Wildman–Crippen MR) is 92.9 cm³/mol. The normalized spacial score (nSPS) is 11.9. The van der Waals surface area contributed by atoms with E-state index in [1.54, 1.807) is 18.2 Å². The Kier molecular flexibility index (Phi) is 4.84. The first-order chi connectivity index (χ1) is 11.4. The van der Waals surface area contributed by atoms with E-state index in [2.05, 4.69) is 15.0 Å². The summed E-state index contributed by atoms with van der Waals surface area (Å²) < 4.78 is 7.18. The molecule has 0 unspecified atom stereocenters. The third kappa shape index (κ3) is 3.75. The number of ether oxygens (including phenoxy) is 1. The highest BCUT2D eigenvalue weighted by atomic mass is 35.5. The molecule has 3 rings (SSSR count). The average Bonchev–Trinajstić information content (AvgIpc) is 2.89. The first-order valence-corrected chi connectivity index (χ1v) is 8.45. The van der Waals surface area contributed by atoms with E-state index in [4.69, 9.17) is 27.9 Å². The summed E-state index contributed by atoms with van der Waals surface area (Å²) in [5.41, 5.74) is 1.84. The van der Waals surface area contributed by atoms with Crippen LogP contribution in [0.15, 0.2) is 29.3 Å². The fraction of sp³-hybridized carbons (Fsp3) is 0.200. The van der Waals surface area contributed by atoms with Gasteiger partial charge in [0, 0.05) is 16.4 Å². The molecule has 1 aromatic carbocycles. The van der Waals surface area contributed by atoms with Crippen molar-refractivity contribution in [2.24, 2.45) is 4.99 Å². The molecule has 0 aliphatic rings. The van der Waals surface area contributed by atoms with E-state index < -0.39 is 5.91 Å². The number of carbonyl (C=O) groups is 1. The largest absolute Gasteiger partial charge is 0.482 e. The molecule has 9 heteroatoms. The van der Waals surface area contributed by atoms with E-state index in [-0.39, 0.29) is 6.61 Å². The zero-order valence-corrected chi connectivity index (χ0v) is 15.1. The van der Waals surface area contributed by atoms with Crippen LogP contribution < -0.4 is 9.54 Å². The summed E-state index contributed by atoms with van der Waals surface area (Å²) in [5, 5.41) is 0.828. The van der Waals surface area contributed by atoms with Crippen LogP contribution in [0.4, 0.5) is 0 Å². The van der Waals surface area contributed by atoms with Crippen molar-refractivity contribution < 1.29 is 9.53 Å². The Bertz CT molecular complexity index is 997. The number of hydrogen-bond donors (Lipinski definition) is 0. The van der Waals surface area contributed by atoms with E-state index >= 15 is 0 Å². The van der Waals surface area contributed by atoms with Crippen LogP contribution in [-0.4, -0.2) is 26.3 Å². The van der Waals surface area contributed by atoms with Gasteiger partial charge in [0.1, 0.15) is 5.75 Å². The van der Waals surface area contributed by atoms with Gasteiger partial charge in [-0.3, -0.25) is 4.79 Å². The number of aryl methyl sites for hydroxylation is 2. The topological polar surface area (TPSA) is 68.9 Å². The predicted octanol–water partition coefficient (Wildman–Crippen LogP) is 3.22. The number of fused-ring (bicyclic) bond motifs is 1. The molecule has 24 heavy (non-hydrogen) atoms. The van der Waals surface area contributed by atoms with Crippen LogP contribution in [0.3, 0.4) is 0 Å². The van der Waals surface area contributed by atoms with Crippen LogP contribution in [-0.2, 0) is 4.79 Å². The molecule has 0 spiro atoms. The Morgan fingerprint density at radius 2 is 2.08 bits per heavy atom. The molecule has 0 radical (unpaired) electrons. The highest BCUT2D eigenvalue weighted by Crippen LogP contribution is 2.27. The highest BCUT2D eigenvalue weighted by Gasteiger charge is 2.08. The second-order valence-corrected chi connectivity index (χ2v) is 6.74. The summed E-state index contributed by atoms with van der Waals surface area (Å²) >= 11 is 13.0. The minimum atomic E-state index is -0.463. The maximum atomic E-state index is 12.0. The van der Waals surface area contributed by atoms with Crippen molar-refractivity contribution in [3.8, 4) is 5.75 Å². The van der Waals surface area contributed by atoms with Gasteiger partial charge in [0.25, 0.3) is 5.91 Å². The van der Waals surface area contributed by atoms with Gasteiger partial charge in [-0.15, -0.1) is 0 Å². The van der Waals surface area contributed by atoms with E-state index in [1.807, 2.05) is 23.7 Å². The van der Waals surface area contributed by atoms with Crippen molar-refractivity contribution >= 4 is 46.4 Å². The zero-order valence-electron chi connectivity index (χ0n) is 12.8. The average molecular weight is 383 g/mol. The lowest BCUT2D eigenvalue weighted by Gasteiger charge is -2.05. The second kappa shape index (κ2) is 6.88. The second-order valence-electron chi connectivity index (χ2n) is 4.99. The lowest BCUT2D eigenvalue weighted by molar-refractivity contribution is -0.120. The molecule has 0 N–H and O–H groups in total. The summed E-state index contributed by atoms with van der Waals surface area (Å²) in [4.78, 5) is 24.8. The molecule has 2 heterocycles. The first-order valence-electron chi connectivity index (χ1n) is 6.92. The molecule has 0 aliphatic heterocycles. The smallest absolute Gasteiger partial charge is 0.286 e. The minimum Gasteiger partial charge on any atom is -0.482 e. The van der Waals surface area contributed by atoms with Crippen molar-refractivity contribution in [1.29, 1.82) is 0 Å².